The van der Waals surface area contributed by atoms with Crippen molar-refractivity contribution >= 4 is 34.7 Å². The number of para-hydroxylation sites is 3. The normalized spacial score (nSPS) is 19.0. The van der Waals surface area contributed by atoms with Crippen molar-refractivity contribution < 1.29 is 14.7 Å². The van der Waals surface area contributed by atoms with Gasteiger partial charge in [-0.2, -0.15) is 11.8 Å². The van der Waals surface area contributed by atoms with Gasteiger partial charge < -0.3 is 10.4 Å². The molecule has 3 aromatic rings. The Morgan fingerprint density at radius 2 is 1.89 bits per heavy atom. The van der Waals surface area contributed by atoms with Crippen LogP contribution in [0.5, 0.6) is 0 Å². The molecule has 0 saturated carbocycles. The van der Waals surface area contributed by atoms with Gasteiger partial charge in [-0.05, 0) is 36.4 Å². The smallest absolute Gasteiger partial charge is 0.330 e. The van der Waals surface area contributed by atoms with Gasteiger partial charge >= 0.3 is 5.97 Å². The lowest BCUT2D eigenvalue weighted by molar-refractivity contribution is -0.146. The SMILES string of the molecule is O=C(CCc1nc2ccccc2n1-c1ccccc1)NC1(C(=O)O)CCSC1. The van der Waals surface area contributed by atoms with E-state index >= 15 is 0 Å². The molecule has 28 heavy (non-hydrogen) atoms. The first-order valence-electron chi connectivity index (χ1n) is 9.23. The fourth-order valence-electron chi connectivity index (χ4n) is 3.55. The van der Waals surface area contributed by atoms with E-state index in [-0.39, 0.29) is 12.3 Å². The number of carbonyl (C=O) groups is 2. The number of imidazole rings is 1. The van der Waals surface area contributed by atoms with Gasteiger partial charge in [-0.25, -0.2) is 9.78 Å². The highest BCUT2D eigenvalue weighted by Crippen LogP contribution is 2.28. The maximum absolute atomic E-state index is 12.5. The Kier molecular flexibility index (Phi) is 5.09. The number of aromatic nitrogens is 2. The number of amides is 1. The zero-order valence-electron chi connectivity index (χ0n) is 15.3. The summed E-state index contributed by atoms with van der Waals surface area (Å²) in [6, 6.07) is 17.8. The fraction of sp³-hybridized carbons (Fsp3) is 0.286. The number of fused-ring (bicyclic) bond motifs is 1. The van der Waals surface area contributed by atoms with Crippen molar-refractivity contribution in [1.82, 2.24) is 14.9 Å². The molecule has 1 unspecified atom stereocenters. The molecule has 0 spiro atoms. The number of hydrogen-bond donors (Lipinski definition) is 2. The maximum atomic E-state index is 12.5. The van der Waals surface area contributed by atoms with E-state index in [1.807, 2.05) is 54.6 Å². The number of rotatable bonds is 6. The molecule has 4 rings (SSSR count). The van der Waals surface area contributed by atoms with Crippen LogP contribution in [-0.2, 0) is 16.0 Å². The van der Waals surface area contributed by atoms with Gasteiger partial charge in [-0.15, -0.1) is 0 Å². The number of aryl methyl sites for hydroxylation is 1. The van der Waals surface area contributed by atoms with E-state index in [2.05, 4.69) is 9.88 Å². The van der Waals surface area contributed by atoms with Crippen LogP contribution in [-0.4, -0.2) is 43.6 Å². The number of carboxylic acids is 1. The van der Waals surface area contributed by atoms with Crippen molar-refractivity contribution in [3.8, 4) is 5.69 Å². The van der Waals surface area contributed by atoms with Gasteiger partial charge in [-0.3, -0.25) is 9.36 Å². The van der Waals surface area contributed by atoms with E-state index in [9.17, 15) is 14.7 Å². The number of aliphatic carboxylic acids is 1. The average molecular weight is 395 g/mol. The van der Waals surface area contributed by atoms with Crippen molar-refractivity contribution in [1.29, 1.82) is 0 Å². The quantitative estimate of drug-likeness (QED) is 0.670. The molecular weight excluding hydrogens is 374 g/mol. The van der Waals surface area contributed by atoms with Crippen LogP contribution in [0.2, 0.25) is 0 Å². The van der Waals surface area contributed by atoms with Crippen LogP contribution in [0, 0.1) is 0 Å². The summed E-state index contributed by atoms with van der Waals surface area (Å²) >= 11 is 1.56. The largest absolute Gasteiger partial charge is 0.479 e. The first-order chi connectivity index (χ1) is 13.6. The van der Waals surface area contributed by atoms with Gasteiger partial charge in [0.2, 0.25) is 5.91 Å². The van der Waals surface area contributed by atoms with Gasteiger partial charge in [-0.1, -0.05) is 30.3 Å². The lowest BCUT2D eigenvalue weighted by Gasteiger charge is -2.24. The summed E-state index contributed by atoms with van der Waals surface area (Å²) in [4.78, 5) is 28.9. The molecule has 1 fully saturated rings. The Morgan fingerprint density at radius 3 is 2.61 bits per heavy atom. The molecule has 1 aliphatic rings. The number of nitrogens with zero attached hydrogens (tertiary/aromatic N) is 2. The molecule has 7 heteroatoms. The van der Waals surface area contributed by atoms with Crippen molar-refractivity contribution in [3.05, 3.63) is 60.4 Å². The highest BCUT2D eigenvalue weighted by atomic mass is 32.2. The van der Waals surface area contributed by atoms with E-state index in [0.29, 0.717) is 18.6 Å². The van der Waals surface area contributed by atoms with Gasteiger partial charge in [0.05, 0.1) is 11.0 Å². The Bertz CT molecular complexity index is 1010. The maximum Gasteiger partial charge on any atom is 0.330 e. The van der Waals surface area contributed by atoms with Crippen molar-refractivity contribution in [2.45, 2.75) is 24.8 Å². The van der Waals surface area contributed by atoms with Crippen LogP contribution in [0.3, 0.4) is 0 Å². The third kappa shape index (κ3) is 3.49. The van der Waals surface area contributed by atoms with Crippen molar-refractivity contribution in [2.24, 2.45) is 0 Å². The van der Waals surface area contributed by atoms with Crippen LogP contribution >= 0.6 is 11.8 Å². The van der Waals surface area contributed by atoms with Crippen LogP contribution < -0.4 is 5.32 Å². The Hall–Kier alpha value is -2.80. The molecule has 6 nitrogen and oxygen atoms in total. The summed E-state index contributed by atoms with van der Waals surface area (Å²) in [5, 5.41) is 12.3. The monoisotopic (exact) mass is 395 g/mol. The average Bonchev–Trinajstić information content (AvgIpc) is 3.32. The van der Waals surface area contributed by atoms with Crippen LogP contribution in [0.25, 0.3) is 16.7 Å². The van der Waals surface area contributed by atoms with Crippen LogP contribution in [0.15, 0.2) is 54.6 Å². The molecule has 144 valence electrons. The molecule has 1 atom stereocenters. The summed E-state index contributed by atoms with van der Waals surface area (Å²) in [6.07, 6.45) is 1.08. The minimum atomic E-state index is -1.14. The molecule has 2 aromatic carbocycles. The Balaban J connectivity index is 1.57. The Labute approximate surface area is 167 Å². The molecule has 0 aliphatic carbocycles. The predicted molar refractivity (Wildman–Crippen MR) is 110 cm³/mol. The fourth-order valence-corrected chi connectivity index (χ4v) is 4.87. The minimum Gasteiger partial charge on any atom is -0.479 e. The molecule has 0 bridgehead atoms. The first kappa shape index (κ1) is 18.6. The summed E-state index contributed by atoms with van der Waals surface area (Å²) in [5.41, 5.74) is 1.71. The van der Waals surface area contributed by atoms with Gasteiger partial charge in [0.25, 0.3) is 0 Å². The lowest BCUT2D eigenvalue weighted by atomic mass is 9.99. The molecular formula is C21H21N3O3S. The summed E-state index contributed by atoms with van der Waals surface area (Å²) < 4.78 is 2.06. The topological polar surface area (TPSA) is 84.2 Å². The minimum absolute atomic E-state index is 0.190. The Morgan fingerprint density at radius 1 is 1.14 bits per heavy atom. The van der Waals surface area contributed by atoms with E-state index < -0.39 is 11.5 Å². The second-order valence-corrected chi connectivity index (χ2v) is 8.03. The van der Waals surface area contributed by atoms with Gasteiger partial charge in [0, 0.05) is 24.3 Å². The van der Waals surface area contributed by atoms with Crippen molar-refractivity contribution in [2.75, 3.05) is 11.5 Å². The van der Waals surface area contributed by atoms with E-state index in [1.54, 1.807) is 11.8 Å². The van der Waals surface area contributed by atoms with E-state index in [4.69, 9.17) is 4.98 Å². The second-order valence-electron chi connectivity index (χ2n) is 6.93. The summed E-state index contributed by atoms with van der Waals surface area (Å²) in [5.74, 6) is 0.735. The second kappa shape index (κ2) is 7.67. The zero-order chi connectivity index (χ0) is 19.6. The van der Waals surface area contributed by atoms with Gasteiger partial charge in [0.1, 0.15) is 11.4 Å². The lowest BCUT2D eigenvalue weighted by Crippen LogP contribution is -2.54. The molecule has 2 N–H and O–H groups in total. The number of nitrogens with one attached hydrogen (secondary N) is 1. The molecule has 1 amide bonds. The number of benzene rings is 2. The number of thioether (sulfide) groups is 1. The predicted octanol–water partition coefficient (Wildman–Crippen LogP) is 3.03. The molecule has 0 radical (unpaired) electrons. The number of carboxylic acid groups (broad SMARTS) is 1. The van der Waals surface area contributed by atoms with E-state index in [0.717, 1.165) is 28.3 Å². The van der Waals surface area contributed by atoms with Crippen molar-refractivity contribution in [3.63, 3.8) is 0 Å². The van der Waals surface area contributed by atoms with E-state index in [1.165, 1.54) is 0 Å². The zero-order valence-corrected chi connectivity index (χ0v) is 16.1. The van der Waals surface area contributed by atoms with Crippen LogP contribution in [0.4, 0.5) is 0 Å². The number of carbonyl (C=O) groups excluding carboxylic acids is 1. The van der Waals surface area contributed by atoms with Crippen LogP contribution in [0.1, 0.15) is 18.7 Å². The highest BCUT2D eigenvalue weighted by molar-refractivity contribution is 7.99. The standard InChI is InChI=1S/C21H21N3O3S/c25-19(23-21(20(26)27)12-13-28-14-21)11-10-18-22-16-8-4-5-9-17(16)24(18)15-6-2-1-3-7-15/h1-9H,10-14H2,(H,23,25)(H,26,27). The first-order valence-corrected chi connectivity index (χ1v) is 10.4. The molecule has 1 aliphatic heterocycles. The molecule has 1 saturated heterocycles. The third-order valence-corrected chi connectivity index (χ3v) is 6.22. The summed E-state index contributed by atoms with van der Waals surface area (Å²) in [7, 11) is 0. The highest BCUT2D eigenvalue weighted by Gasteiger charge is 2.43. The van der Waals surface area contributed by atoms with Gasteiger partial charge in [0.15, 0.2) is 0 Å². The summed E-state index contributed by atoms with van der Waals surface area (Å²) in [6.45, 7) is 0. The third-order valence-electron chi connectivity index (χ3n) is 5.03. The number of hydrogen-bond acceptors (Lipinski definition) is 4. The molecule has 2 heterocycles. The molecule has 1 aromatic heterocycles.